The molecule has 26 nitrogen and oxygen atoms in total. The van der Waals surface area contributed by atoms with Gasteiger partial charge in [-0.2, -0.15) is 0 Å². The van der Waals surface area contributed by atoms with Crippen LogP contribution in [0.2, 0.25) is 0 Å². The second-order valence-corrected chi connectivity index (χ2v) is 12.7. The van der Waals surface area contributed by atoms with Crippen LogP contribution >= 0.6 is 0 Å². The Hall–Kier alpha value is -5.70. The molecule has 0 saturated heterocycles. The van der Waals surface area contributed by atoms with Crippen LogP contribution in [-0.4, -0.2) is 159 Å². The zero-order valence-corrected chi connectivity index (χ0v) is 31.3. The SMILES string of the molecule is C[C@@H](O)[C@H](NC(=O)[C@@H](N)CC(=O)O)C(=O)N[C@@H](CCCN=C(N)N)C(=O)N[C@@H](CCCCN)C(=O)N[C@@H](CCC(N)=O)C(=O)N[C@@H](CO)C(=O)N[C@@H](CO)C(=O)O. The Labute approximate surface area is 326 Å². The van der Waals surface area contributed by atoms with Crippen molar-refractivity contribution in [2.24, 2.45) is 33.7 Å². The highest BCUT2D eigenvalue weighted by Gasteiger charge is 2.34. The third-order valence-corrected chi connectivity index (χ3v) is 7.88. The van der Waals surface area contributed by atoms with Gasteiger partial charge in [-0.15, -0.1) is 0 Å². The second-order valence-electron chi connectivity index (χ2n) is 12.7. The molecule has 0 aromatic rings. The van der Waals surface area contributed by atoms with Gasteiger partial charge >= 0.3 is 11.9 Å². The lowest BCUT2D eigenvalue weighted by Gasteiger charge is -2.28. The molecule has 0 unspecified atom stereocenters. The quantitative estimate of drug-likeness (QED) is 0.0189. The fourth-order valence-corrected chi connectivity index (χ4v) is 4.77. The van der Waals surface area contributed by atoms with Crippen LogP contribution in [0.4, 0.5) is 0 Å². The number of carbonyl (C=O) groups excluding carboxylic acids is 7. The first-order valence-electron chi connectivity index (χ1n) is 17.6. The topological polar surface area (TPSA) is 469 Å². The van der Waals surface area contributed by atoms with E-state index in [1.54, 1.807) is 0 Å². The van der Waals surface area contributed by atoms with Crippen LogP contribution < -0.4 is 60.6 Å². The Morgan fingerprint density at radius 3 is 1.51 bits per heavy atom. The third kappa shape index (κ3) is 20.7. The molecular weight excluding hydrogens is 764 g/mol. The zero-order valence-electron chi connectivity index (χ0n) is 31.3. The molecule has 0 aliphatic carbocycles. The summed E-state index contributed by atoms with van der Waals surface area (Å²) in [7, 11) is 0. The number of carbonyl (C=O) groups is 9. The largest absolute Gasteiger partial charge is 0.481 e. The molecule has 57 heavy (non-hydrogen) atoms. The van der Waals surface area contributed by atoms with Crippen LogP contribution in [0.1, 0.15) is 58.3 Å². The van der Waals surface area contributed by atoms with E-state index in [9.17, 15) is 58.5 Å². The number of unbranched alkanes of at least 4 members (excludes halogenated alkanes) is 1. The minimum atomic E-state index is -1.79. The smallest absolute Gasteiger partial charge is 0.328 e. The summed E-state index contributed by atoms with van der Waals surface area (Å²) in [5.74, 6) is -10.7. The molecule has 26 heteroatoms. The van der Waals surface area contributed by atoms with E-state index < -0.39 is 134 Å². The molecule has 0 radical (unpaired) electrons. The highest BCUT2D eigenvalue weighted by Crippen LogP contribution is 2.08. The summed E-state index contributed by atoms with van der Waals surface area (Å²) in [5, 5.41) is 60.6. The van der Waals surface area contributed by atoms with Crippen LogP contribution in [-0.2, 0) is 43.2 Å². The number of hydrogen-bond donors (Lipinski definition) is 16. The molecule has 21 N–H and O–H groups in total. The monoisotopic (exact) mass is 820 g/mol. The second kappa shape index (κ2) is 27.0. The van der Waals surface area contributed by atoms with Crippen molar-refractivity contribution < 1.29 is 68.7 Å². The van der Waals surface area contributed by atoms with Gasteiger partial charge in [0.25, 0.3) is 0 Å². The number of aliphatic hydroxyl groups is 3. The Morgan fingerprint density at radius 2 is 1.07 bits per heavy atom. The Bertz CT molecular complexity index is 1430. The average molecular weight is 821 g/mol. The third-order valence-electron chi connectivity index (χ3n) is 7.88. The first-order valence-corrected chi connectivity index (χ1v) is 17.6. The lowest BCUT2D eigenvalue weighted by Crippen LogP contribution is -2.61. The van der Waals surface area contributed by atoms with E-state index >= 15 is 0 Å². The number of primary amides is 1. The van der Waals surface area contributed by atoms with Crippen molar-refractivity contribution in [3.63, 3.8) is 0 Å². The number of aliphatic imine (C=N–C) groups is 1. The van der Waals surface area contributed by atoms with Gasteiger partial charge in [0.1, 0.15) is 36.3 Å². The molecule has 0 aromatic carbocycles. The van der Waals surface area contributed by atoms with Crippen LogP contribution in [0.5, 0.6) is 0 Å². The van der Waals surface area contributed by atoms with E-state index in [0.29, 0.717) is 6.42 Å². The molecule has 0 saturated carbocycles. The molecule has 0 aliphatic heterocycles. The lowest BCUT2D eigenvalue weighted by atomic mass is 10.0. The number of nitrogens with zero attached hydrogens (tertiary/aromatic N) is 1. The van der Waals surface area contributed by atoms with E-state index in [1.807, 2.05) is 5.32 Å². The maximum Gasteiger partial charge on any atom is 0.328 e. The van der Waals surface area contributed by atoms with Gasteiger partial charge in [0, 0.05) is 13.0 Å². The molecule has 0 rings (SSSR count). The lowest BCUT2D eigenvalue weighted by molar-refractivity contribution is -0.143. The highest BCUT2D eigenvalue weighted by molar-refractivity contribution is 5.97. The van der Waals surface area contributed by atoms with Crippen LogP contribution in [0.15, 0.2) is 4.99 Å². The van der Waals surface area contributed by atoms with Crippen molar-refractivity contribution in [3.8, 4) is 0 Å². The fourth-order valence-electron chi connectivity index (χ4n) is 4.77. The van der Waals surface area contributed by atoms with Gasteiger partial charge in [-0.05, 0) is 52.0 Å². The molecule has 0 aliphatic rings. The summed E-state index contributed by atoms with van der Waals surface area (Å²) < 4.78 is 0. The molecule has 324 valence electrons. The number of carboxylic acid groups (broad SMARTS) is 2. The van der Waals surface area contributed by atoms with Crippen molar-refractivity contribution >= 4 is 59.2 Å². The minimum Gasteiger partial charge on any atom is -0.481 e. The predicted octanol–water partition coefficient (Wildman–Crippen LogP) is -8.40. The fraction of sp³-hybridized carbons (Fsp3) is 0.677. The first-order chi connectivity index (χ1) is 26.7. The van der Waals surface area contributed by atoms with Crippen molar-refractivity contribution in [3.05, 3.63) is 0 Å². The molecule has 0 bridgehead atoms. The number of carboxylic acids is 2. The molecule has 0 heterocycles. The summed E-state index contributed by atoms with van der Waals surface area (Å²) in [6, 6.07) is -11.5. The number of guanidine groups is 1. The van der Waals surface area contributed by atoms with Gasteiger partial charge in [0.2, 0.25) is 41.4 Å². The number of amides is 7. The van der Waals surface area contributed by atoms with Crippen molar-refractivity contribution in [1.29, 1.82) is 0 Å². The number of nitrogens with one attached hydrogen (secondary N) is 6. The van der Waals surface area contributed by atoms with E-state index in [0.717, 1.165) is 6.92 Å². The Kier molecular flexibility index (Phi) is 24.3. The van der Waals surface area contributed by atoms with Crippen LogP contribution in [0.3, 0.4) is 0 Å². The van der Waals surface area contributed by atoms with Gasteiger partial charge in [0.05, 0.1) is 31.8 Å². The van der Waals surface area contributed by atoms with Gasteiger partial charge in [-0.3, -0.25) is 43.3 Å². The van der Waals surface area contributed by atoms with E-state index in [4.69, 9.17) is 38.9 Å². The summed E-state index contributed by atoms with van der Waals surface area (Å²) in [4.78, 5) is 117. The summed E-state index contributed by atoms with van der Waals surface area (Å²) >= 11 is 0. The Balaban J connectivity index is 6.44. The molecule has 7 amide bonds. The maximum absolute atomic E-state index is 13.7. The summed E-state index contributed by atoms with van der Waals surface area (Å²) in [5.41, 5.74) is 27.1. The van der Waals surface area contributed by atoms with Crippen LogP contribution in [0.25, 0.3) is 0 Å². The normalized spacial score (nSPS) is 15.1. The molecule has 0 fully saturated rings. The van der Waals surface area contributed by atoms with Gasteiger partial charge in [-0.25, -0.2) is 4.79 Å². The van der Waals surface area contributed by atoms with Gasteiger partial charge in [-0.1, -0.05) is 0 Å². The maximum atomic E-state index is 13.7. The summed E-state index contributed by atoms with van der Waals surface area (Å²) in [6.45, 7) is -0.802. The van der Waals surface area contributed by atoms with Gasteiger partial charge < -0.3 is 86.1 Å². The van der Waals surface area contributed by atoms with Crippen LogP contribution in [0, 0.1) is 0 Å². The molecule has 0 aromatic heterocycles. The first kappa shape index (κ1) is 51.3. The standard InChI is InChI=1S/C31H56N12O14/c1-14(46)23(43-24(50)15(33)11-22(48)49)29(55)40-17(6-4-10-37-31(35)36)26(52)38-16(5-2-3-9-32)25(51)39-18(7-8-21(34)47)27(53)41-19(12-44)28(54)42-20(13-45)30(56)57/h14-20,23,44-46H,2-13,32-33H2,1H3,(H2,34,47)(H,38,52)(H,39,51)(H,40,55)(H,41,53)(H,42,54)(H,43,50)(H,48,49)(H,56,57)(H4,35,36,37)/t14-,15+,16+,17+,18+,19+,20+,23+/m1/s1. The molecular formula is C31H56N12O14. The van der Waals surface area contributed by atoms with E-state index in [2.05, 4.69) is 31.6 Å². The van der Waals surface area contributed by atoms with Gasteiger partial charge in [0.15, 0.2) is 5.96 Å². The highest BCUT2D eigenvalue weighted by atomic mass is 16.4. The minimum absolute atomic E-state index is 0.0243. The number of nitrogens with two attached hydrogens (primary N) is 5. The van der Waals surface area contributed by atoms with Crippen molar-refractivity contribution in [2.75, 3.05) is 26.3 Å². The van der Waals surface area contributed by atoms with E-state index in [-0.39, 0.29) is 44.7 Å². The predicted molar refractivity (Wildman–Crippen MR) is 197 cm³/mol. The van der Waals surface area contributed by atoms with E-state index in [1.165, 1.54) is 0 Å². The number of hydrogen-bond acceptors (Lipinski definition) is 15. The summed E-state index contributed by atoms with van der Waals surface area (Å²) in [6.07, 6.45) is -2.92. The number of aliphatic hydroxyl groups excluding tert-OH is 3. The van der Waals surface area contributed by atoms with Crippen molar-refractivity contribution in [1.82, 2.24) is 31.9 Å². The zero-order chi connectivity index (χ0) is 43.8. The number of aliphatic carboxylic acids is 2. The molecule has 0 spiro atoms. The number of rotatable bonds is 29. The average Bonchev–Trinajstić information content (AvgIpc) is 3.12. The van der Waals surface area contributed by atoms with Crippen molar-refractivity contribution in [2.45, 2.75) is 107 Å². The Morgan fingerprint density at radius 1 is 0.614 bits per heavy atom. The molecule has 8 atom stereocenters.